The van der Waals surface area contributed by atoms with Crippen LogP contribution in [0.2, 0.25) is 0 Å². The topological polar surface area (TPSA) is 131 Å². The number of carbonyl (C=O) groups excluding carboxylic acids is 2. The quantitative estimate of drug-likeness (QED) is 0.495. The summed E-state index contributed by atoms with van der Waals surface area (Å²) in [5, 5.41) is 21.9. The van der Waals surface area contributed by atoms with Crippen molar-refractivity contribution >= 4 is 39.8 Å². The first-order valence-corrected chi connectivity index (χ1v) is 10.4. The van der Waals surface area contributed by atoms with Crippen molar-refractivity contribution in [2.24, 2.45) is 11.8 Å². The van der Waals surface area contributed by atoms with Gasteiger partial charge in [0.25, 0.3) is 0 Å². The summed E-state index contributed by atoms with van der Waals surface area (Å²) in [5.74, 6) is -2.80. The summed E-state index contributed by atoms with van der Waals surface area (Å²) >= 11 is 1.40. The van der Waals surface area contributed by atoms with Crippen LogP contribution in [0.15, 0.2) is 23.6 Å². The van der Waals surface area contributed by atoms with E-state index in [1.165, 1.54) is 23.2 Å². The van der Waals surface area contributed by atoms with Crippen LogP contribution >= 0.6 is 11.3 Å². The number of aliphatic hydroxyl groups is 1. The Kier molecular flexibility index (Phi) is 5.24. The van der Waals surface area contributed by atoms with E-state index in [1.54, 1.807) is 23.8 Å². The molecule has 2 aliphatic heterocycles. The van der Waals surface area contributed by atoms with Gasteiger partial charge in [0.2, 0.25) is 5.91 Å². The van der Waals surface area contributed by atoms with Gasteiger partial charge in [0, 0.05) is 16.9 Å². The van der Waals surface area contributed by atoms with Crippen molar-refractivity contribution in [2.45, 2.75) is 32.4 Å². The van der Waals surface area contributed by atoms with E-state index in [9.17, 15) is 24.6 Å². The third kappa shape index (κ3) is 3.05. The lowest BCUT2D eigenvalue weighted by Crippen LogP contribution is -2.64. The van der Waals surface area contributed by atoms with Crippen molar-refractivity contribution in [3.63, 3.8) is 0 Å². The Labute approximate surface area is 175 Å². The molecular weight excluding hydrogens is 414 g/mol. The number of thiazole rings is 1. The Morgan fingerprint density at radius 1 is 1.37 bits per heavy atom. The molecule has 0 spiro atoms. The Bertz CT molecular complexity index is 1040. The van der Waals surface area contributed by atoms with E-state index >= 15 is 0 Å². The van der Waals surface area contributed by atoms with Crippen LogP contribution in [0.3, 0.4) is 0 Å². The van der Waals surface area contributed by atoms with Gasteiger partial charge in [0.15, 0.2) is 0 Å². The van der Waals surface area contributed by atoms with E-state index in [0.717, 1.165) is 4.83 Å². The van der Waals surface area contributed by atoms with Crippen molar-refractivity contribution in [1.82, 2.24) is 14.3 Å². The van der Waals surface area contributed by atoms with Crippen LogP contribution in [-0.4, -0.2) is 67.9 Å². The number of carbonyl (C=O) groups is 3. The van der Waals surface area contributed by atoms with Crippen molar-refractivity contribution in [1.29, 1.82) is 0 Å². The van der Waals surface area contributed by atoms with Crippen LogP contribution in [0.1, 0.15) is 26.0 Å². The molecule has 1 amide bonds. The van der Waals surface area contributed by atoms with Crippen LogP contribution in [0.5, 0.6) is 0 Å². The molecule has 10 nitrogen and oxygen atoms in total. The highest BCUT2D eigenvalue weighted by Gasteiger charge is 2.61. The molecule has 0 bridgehead atoms. The third-order valence-corrected chi connectivity index (χ3v) is 6.42. The Morgan fingerprint density at radius 2 is 2.13 bits per heavy atom. The predicted molar refractivity (Wildman–Crippen MR) is 105 cm³/mol. The average molecular weight is 435 g/mol. The van der Waals surface area contributed by atoms with E-state index < -0.39 is 42.0 Å². The Balaban J connectivity index is 1.74. The molecule has 30 heavy (non-hydrogen) atoms. The molecule has 0 radical (unpaired) electrons. The van der Waals surface area contributed by atoms with Gasteiger partial charge >= 0.3 is 12.1 Å². The van der Waals surface area contributed by atoms with Gasteiger partial charge < -0.3 is 24.6 Å². The van der Waals surface area contributed by atoms with Gasteiger partial charge in [-0.05, 0) is 20.3 Å². The molecule has 2 aromatic heterocycles. The molecule has 1 saturated heterocycles. The van der Waals surface area contributed by atoms with Crippen molar-refractivity contribution in [2.75, 3.05) is 13.2 Å². The molecule has 0 saturated carbocycles. The number of nitrogens with zero attached hydrogens (tertiary/aromatic N) is 3. The van der Waals surface area contributed by atoms with Gasteiger partial charge in [-0.25, -0.2) is 14.6 Å². The zero-order chi connectivity index (χ0) is 21.6. The van der Waals surface area contributed by atoms with E-state index in [1.807, 2.05) is 5.38 Å². The van der Waals surface area contributed by atoms with Gasteiger partial charge in [-0.1, -0.05) is 0 Å². The summed E-state index contributed by atoms with van der Waals surface area (Å²) in [6, 6.07) is -0.525. The zero-order valence-corrected chi connectivity index (χ0v) is 17.2. The number of aromatic nitrogens is 2. The number of hydrogen-bond acceptors (Lipinski definition) is 8. The molecule has 1 unspecified atom stereocenters. The van der Waals surface area contributed by atoms with Crippen LogP contribution in [-0.2, 0) is 19.1 Å². The second-order valence-electron chi connectivity index (χ2n) is 7.18. The monoisotopic (exact) mass is 435 g/mol. The molecule has 11 heteroatoms. The molecule has 4 rings (SSSR count). The van der Waals surface area contributed by atoms with Crippen LogP contribution in [0.4, 0.5) is 4.79 Å². The molecule has 0 aliphatic carbocycles. The van der Waals surface area contributed by atoms with Crippen LogP contribution < -0.4 is 0 Å². The summed E-state index contributed by atoms with van der Waals surface area (Å²) in [6.07, 6.45) is 1.79. The van der Waals surface area contributed by atoms with Gasteiger partial charge in [0.1, 0.15) is 16.9 Å². The van der Waals surface area contributed by atoms with Crippen LogP contribution in [0.25, 0.3) is 10.4 Å². The highest BCUT2D eigenvalue weighted by molar-refractivity contribution is 7.15. The van der Waals surface area contributed by atoms with Crippen molar-refractivity contribution in [3.05, 3.63) is 29.3 Å². The Morgan fingerprint density at radius 3 is 2.80 bits per heavy atom. The second kappa shape index (κ2) is 7.73. The number of carboxylic acid groups (broad SMARTS) is 1. The SMILES string of the molecule is CCOC(=O)OCCC1C(c2csc3cncn23)=C(C(=O)O)N2C(=O)[C@H]([C@@H](C)O)[C@@H]12. The number of ether oxygens (including phenoxy) is 2. The fourth-order valence-corrected chi connectivity index (χ4v) is 5.23. The smallest absolute Gasteiger partial charge is 0.477 e. The molecule has 4 atom stereocenters. The van der Waals surface area contributed by atoms with E-state index in [0.29, 0.717) is 11.3 Å². The number of β-lactam (4-membered cyclic amide) rings is 1. The van der Waals surface area contributed by atoms with E-state index in [2.05, 4.69) is 4.98 Å². The fourth-order valence-electron chi connectivity index (χ4n) is 4.38. The molecule has 0 aromatic carbocycles. The first-order chi connectivity index (χ1) is 14.4. The highest BCUT2D eigenvalue weighted by atomic mass is 32.1. The molecule has 2 aromatic rings. The number of fused-ring (bicyclic) bond motifs is 2. The number of aliphatic carboxylic acids is 1. The molecule has 2 N–H and O–H groups in total. The lowest BCUT2D eigenvalue weighted by Gasteiger charge is -2.47. The first-order valence-electron chi connectivity index (χ1n) is 9.54. The lowest BCUT2D eigenvalue weighted by molar-refractivity contribution is -0.163. The third-order valence-electron chi connectivity index (χ3n) is 5.53. The van der Waals surface area contributed by atoms with Gasteiger partial charge in [0.05, 0.1) is 43.2 Å². The summed E-state index contributed by atoms with van der Waals surface area (Å²) < 4.78 is 11.6. The minimum atomic E-state index is -1.22. The number of amides is 1. The van der Waals surface area contributed by atoms with Crippen molar-refractivity contribution in [3.8, 4) is 0 Å². The van der Waals surface area contributed by atoms with Crippen LogP contribution in [0, 0.1) is 11.8 Å². The first kappa shape index (κ1) is 20.4. The maximum atomic E-state index is 12.7. The molecule has 160 valence electrons. The maximum Gasteiger partial charge on any atom is 0.508 e. The maximum absolute atomic E-state index is 12.7. The summed E-state index contributed by atoms with van der Waals surface area (Å²) in [6.45, 7) is 3.35. The summed E-state index contributed by atoms with van der Waals surface area (Å²) in [5.41, 5.74) is 0.995. The number of hydrogen-bond donors (Lipinski definition) is 2. The normalized spacial score (nSPS) is 24.0. The summed E-state index contributed by atoms with van der Waals surface area (Å²) in [4.78, 5) is 42.6. The number of rotatable bonds is 7. The molecule has 4 heterocycles. The largest absolute Gasteiger partial charge is 0.508 e. The molecule has 2 aliphatic rings. The highest BCUT2D eigenvalue weighted by Crippen LogP contribution is 2.52. The number of aliphatic hydroxyl groups excluding tert-OH is 1. The standard InChI is InChI=1S/C19H21N3O7S/c1-3-28-19(27)29-5-4-10-14(11-7-30-12-6-20-8-21(11)12)16(18(25)26)22-15(10)13(9(2)23)17(22)24/h6-10,13,15,23H,3-5H2,1-2H3,(H,25,26)/t9-,10?,13-,15-/m1/s1. The van der Waals surface area contributed by atoms with E-state index in [4.69, 9.17) is 9.47 Å². The minimum absolute atomic E-state index is 0.0117. The number of imidazole rings is 1. The zero-order valence-electron chi connectivity index (χ0n) is 16.3. The minimum Gasteiger partial charge on any atom is -0.477 e. The van der Waals surface area contributed by atoms with Gasteiger partial charge in [-0.3, -0.25) is 9.20 Å². The summed E-state index contributed by atoms with van der Waals surface area (Å²) in [7, 11) is 0. The fraction of sp³-hybridized carbons (Fsp3) is 0.474. The van der Waals surface area contributed by atoms with Gasteiger partial charge in [-0.2, -0.15) is 0 Å². The molecular formula is C19H21N3O7S. The van der Waals surface area contributed by atoms with E-state index in [-0.39, 0.29) is 25.3 Å². The van der Waals surface area contributed by atoms with Crippen molar-refractivity contribution < 1.29 is 34.1 Å². The predicted octanol–water partition coefficient (Wildman–Crippen LogP) is 1.59. The lowest BCUT2D eigenvalue weighted by atomic mass is 9.75. The average Bonchev–Trinajstić information content (AvgIpc) is 3.34. The molecule has 1 fully saturated rings. The number of carboxylic acids is 1. The Hall–Kier alpha value is -2.92. The van der Waals surface area contributed by atoms with Gasteiger partial charge in [-0.15, -0.1) is 11.3 Å². The second-order valence-corrected chi connectivity index (χ2v) is 8.07.